The van der Waals surface area contributed by atoms with Gasteiger partial charge in [0, 0.05) is 5.92 Å². The van der Waals surface area contributed by atoms with Crippen LogP contribution in [-0.2, 0) is 19.1 Å². The molecule has 0 aliphatic carbocycles. The fraction of sp³-hybridized carbons (Fsp3) is 0.182. The third-order valence-corrected chi connectivity index (χ3v) is 5.74. The number of amides is 2. The lowest BCUT2D eigenvalue weighted by Crippen LogP contribution is -2.44. The summed E-state index contributed by atoms with van der Waals surface area (Å²) in [6, 6.07) is 13.0. The average Bonchev–Trinajstić information content (AvgIpc) is 2.78. The van der Waals surface area contributed by atoms with E-state index in [2.05, 4.69) is 10.6 Å². The van der Waals surface area contributed by atoms with Gasteiger partial charge in [0.05, 0.1) is 35.2 Å². The third-order valence-electron chi connectivity index (χ3n) is 4.72. The minimum atomic E-state index is -1.48. The van der Waals surface area contributed by atoms with Crippen LogP contribution >= 0.6 is 11.8 Å². The number of allylic oxidation sites excluding steroid dienone is 1. The van der Waals surface area contributed by atoms with Crippen LogP contribution in [0.3, 0.4) is 0 Å². The molecule has 7 nitrogen and oxygen atoms in total. The Morgan fingerprint density at radius 1 is 1.16 bits per heavy atom. The van der Waals surface area contributed by atoms with Gasteiger partial charge in [-0.2, -0.15) is 5.26 Å². The van der Waals surface area contributed by atoms with Crippen LogP contribution in [0.4, 0.5) is 14.5 Å². The molecule has 0 saturated carbocycles. The summed E-state index contributed by atoms with van der Waals surface area (Å²) in [6.45, 7) is 0. The molecule has 0 spiro atoms. The number of nitrogens with one attached hydrogen (secondary N) is 2. The standard InChI is InChI=1S/C22H17F2N3O4S/c1-31-22(30)19-18(12-6-2-3-7-14(12)23)13(10-25)21(27-20(19)29)32-11-17(28)26-16-9-5-4-8-15(16)24/h2-9,18-19H,11H2,1H3,(H,26,28)(H,27,29). The van der Waals surface area contributed by atoms with E-state index >= 15 is 0 Å². The number of halogens is 2. The quantitative estimate of drug-likeness (QED) is 0.510. The first-order valence-corrected chi connectivity index (χ1v) is 10.3. The van der Waals surface area contributed by atoms with Crippen LogP contribution in [0.1, 0.15) is 11.5 Å². The second-order valence-electron chi connectivity index (χ2n) is 6.66. The number of anilines is 1. The van der Waals surface area contributed by atoms with E-state index < -0.39 is 41.3 Å². The van der Waals surface area contributed by atoms with Crippen LogP contribution in [-0.4, -0.2) is 30.6 Å². The summed E-state index contributed by atoms with van der Waals surface area (Å²) in [5, 5.41) is 14.6. The number of para-hydroxylation sites is 1. The molecule has 2 N–H and O–H groups in total. The van der Waals surface area contributed by atoms with Gasteiger partial charge < -0.3 is 15.4 Å². The predicted octanol–water partition coefficient (Wildman–Crippen LogP) is 3.07. The highest BCUT2D eigenvalue weighted by molar-refractivity contribution is 8.03. The first kappa shape index (κ1) is 23.0. The van der Waals surface area contributed by atoms with Crippen LogP contribution in [0, 0.1) is 28.9 Å². The number of carbonyl (C=O) groups is 3. The van der Waals surface area contributed by atoms with Gasteiger partial charge >= 0.3 is 5.97 Å². The molecule has 1 heterocycles. The summed E-state index contributed by atoms with van der Waals surface area (Å²) >= 11 is 0.809. The largest absolute Gasteiger partial charge is 0.468 e. The highest BCUT2D eigenvalue weighted by atomic mass is 32.2. The van der Waals surface area contributed by atoms with Gasteiger partial charge in [-0.15, -0.1) is 0 Å². The Kier molecular flexibility index (Phi) is 7.22. The van der Waals surface area contributed by atoms with Gasteiger partial charge in [0.25, 0.3) is 0 Å². The molecule has 0 radical (unpaired) electrons. The van der Waals surface area contributed by atoms with Gasteiger partial charge in [0.15, 0.2) is 0 Å². The van der Waals surface area contributed by atoms with Gasteiger partial charge in [0.2, 0.25) is 11.8 Å². The van der Waals surface area contributed by atoms with E-state index in [9.17, 15) is 28.4 Å². The van der Waals surface area contributed by atoms with Crippen LogP contribution in [0.15, 0.2) is 59.1 Å². The summed E-state index contributed by atoms with van der Waals surface area (Å²) in [5.74, 6) is -6.61. The first-order chi connectivity index (χ1) is 15.4. The third kappa shape index (κ3) is 4.78. The smallest absolute Gasteiger partial charge is 0.319 e. The van der Waals surface area contributed by atoms with Gasteiger partial charge in [-0.05, 0) is 23.8 Å². The van der Waals surface area contributed by atoms with Crippen molar-refractivity contribution in [3.8, 4) is 6.07 Å². The zero-order valence-electron chi connectivity index (χ0n) is 16.7. The first-order valence-electron chi connectivity index (χ1n) is 9.32. The molecule has 1 aliphatic rings. The van der Waals surface area contributed by atoms with Crippen molar-refractivity contribution in [3.05, 3.63) is 76.3 Å². The monoisotopic (exact) mass is 457 g/mol. The lowest BCUT2D eigenvalue weighted by atomic mass is 9.78. The molecule has 0 bridgehead atoms. The topological polar surface area (TPSA) is 108 Å². The normalized spacial score (nSPS) is 17.9. The molecule has 0 saturated heterocycles. The number of esters is 1. The maximum absolute atomic E-state index is 14.6. The number of hydrogen-bond acceptors (Lipinski definition) is 6. The SMILES string of the molecule is COC(=O)C1C(=O)NC(SCC(=O)Nc2ccccc2F)=C(C#N)C1c1ccccc1F. The molecule has 2 amide bonds. The van der Waals surface area contributed by atoms with E-state index in [1.165, 1.54) is 36.4 Å². The van der Waals surface area contributed by atoms with Crippen molar-refractivity contribution in [2.24, 2.45) is 5.92 Å². The van der Waals surface area contributed by atoms with Crippen LogP contribution < -0.4 is 10.6 Å². The van der Waals surface area contributed by atoms with E-state index in [0.717, 1.165) is 24.9 Å². The molecule has 0 fully saturated rings. The summed E-state index contributed by atoms with van der Waals surface area (Å²) < 4.78 is 33.0. The van der Waals surface area contributed by atoms with Crippen molar-refractivity contribution in [2.75, 3.05) is 18.2 Å². The Hall–Kier alpha value is -3.71. The number of nitriles is 1. The van der Waals surface area contributed by atoms with Crippen molar-refractivity contribution in [3.63, 3.8) is 0 Å². The molecule has 2 aromatic rings. The number of ether oxygens (including phenoxy) is 1. The molecule has 32 heavy (non-hydrogen) atoms. The number of nitrogens with zero attached hydrogens (tertiary/aromatic N) is 1. The van der Waals surface area contributed by atoms with E-state index in [0.29, 0.717) is 0 Å². The maximum Gasteiger partial charge on any atom is 0.319 e. The minimum absolute atomic E-state index is 0.00888. The van der Waals surface area contributed by atoms with E-state index in [1.807, 2.05) is 6.07 Å². The number of hydrogen-bond donors (Lipinski definition) is 2. The van der Waals surface area contributed by atoms with Gasteiger partial charge in [-0.25, -0.2) is 8.78 Å². The fourth-order valence-corrected chi connectivity index (χ4v) is 4.12. The van der Waals surface area contributed by atoms with Crippen LogP contribution in [0.5, 0.6) is 0 Å². The lowest BCUT2D eigenvalue weighted by Gasteiger charge is -2.31. The molecule has 1 aliphatic heterocycles. The molecule has 2 atom stereocenters. The molecule has 2 aromatic carbocycles. The van der Waals surface area contributed by atoms with Crippen molar-refractivity contribution < 1.29 is 27.9 Å². The predicted molar refractivity (Wildman–Crippen MR) is 113 cm³/mol. The van der Waals surface area contributed by atoms with Crippen molar-refractivity contribution in [2.45, 2.75) is 5.92 Å². The average molecular weight is 457 g/mol. The molecular weight excluding hydrogens is 440 g/mol. The second kappa shape index (κ2) is 10.1. The number of methoxy groups -OCH3 is 1. The highest BCUT2D eigenvalue weighted by Crippen LogP contribution is 2.41. The Labute approximate surface area is 186 Å². The molecular formula is C22H17F2N3O4S. The van der Waals surface area contributed by atoms with Crippen molar-refractivity contribution in [1.29, 1.82) is 5.26 Å². The number of benzene rings is 2. The maximum atomic E-state index is 14.6. The molecule has 10 heteroatoms. The number of carbonyl (C=O) groups excluding carboxylic acids is 3. The summed E-state index contributed by atoms with van der Waals surface area (Å²) in [7, 11) is 1.08. The summed E-state index contributed by atoms with van der Waals surface area (Å²) in [5.41, 5.74) is -0.132. The van der Waals surface area contributed by atoms with Gasteiger partial charge in [-0.3, -0.25) is 14.4 Å². The molecule has 0 aromatic heterocycles. The van der Waals surface area contributed by atoms with E-state index in [4.69, 9.17) is 4.74 Å². The minimum Gasteiger partial charge on any atom is -0.468 e. The van der Waals surface area contributed by atoms with Gasteiger partial charge in [-0.1, -0.05) is 42.1 Å². The zero-order valence-corrected chi connectivity index (χ0v) is 17.5. The lowest BCUT2D eigenvalue weighted by molar-refractivity contribution is -0.150. The van der Waals surface area contributed by atoms with Crippen LogP contribution in [0.2, 0.25) is 0 Å². The Bertz CT molecular complexity index is 1150. The van der Waals surface area contributed by atoms with Crippen molar-refractivity contribution >= 4 is 35.2 Å². The molecule has 2 unspecified atom stereocenters. The zero-order chi connectivity index (χ0) is 23.3. The molecule has 3 rings (SSSR count). The Morgan fingerprint density at radius 2 is 1.81 bits per heavy atom. The Morgan fingerprint density at radius 3 is 2.44 bits per heavy atom. The fourth-order valence-electron chi connectivity index (χ4n) is 3.27. The molecule has 164 valence electrons. The summed E-state index contributed by atoms with van der Waals surface area (Å²) in [6.07, 6.45) is 0. The van der Waals surface area contributed by atoms with E-state index in [-0.39, 0.29) is 27.6 Å². The van der Waals surface area contributed by atoms with E-state index in [1.54, 1.807) is 6.07 Å². The second-order valence-corrected chi connectivity index (χ2v) is 7.65. The summed E-state index contributed by atoms with van der Waals surface area (Å²) in [4.78, 5) is 37.3. The van der Waals surface area contributed by atoms with Crippen molar-refractivity contribution in [1.82, 2.24) is 5.32 Å². The Balaban J connectivity index is 1.92. The highest BCUT2D eigenvalue weighted by Gasteiger charge is 2.45. The van der Waals surface area contributed by atoms with Gasteiger partial charge in [0.1, 0.15) is 17.6 Å². The van der Waals surface area contributed by atoms with Crippen LogP contribution in [0.25, 0.3) is 0 Å². The number of thioether (sulfide) groups is 1. The number of rotatable bonds is 6.